The molecule has 0 aliphatic carbocycles. The number of nitrogens with zero attached hydrogens (tertiary/aromatic N) is 2. The first-order valence-corrected chi connectivity index (χ1v) is 5.26. The summed E-state index contributed by atoms with van der Waals surface area (Å²) in [5.74, 6) is 0.654. The molecule has 1 aromatic carbocycles. The molecule has 1 aromatic heterocycles. The van der Waals surface area contributed by atoms with Gasteiger partial charge in [-0.05, 0) is 25.5 Å². The van der Waals surface area contributed by atoms with Gasteiger partial charge in [0, 0.05) is 18.9 Å². The van der Waals surface area contributed by atoms with Crippen molar-refractivity contribution in [3.05, 3.63) is 36.2 Å². The standard InChI is InChI=1S/C12H15N3O/c1-3-15-8-7-14-12(15)16-10-6-4-5-9(2)11(10)13/h4-8H,3,13H2,1-2H3. The van der Waals surface area contributed by atoms with Crippen LogP contribution in [0.25, 0.3) is 0 Å². The Labute approximate surface area is 94.7 Å². The van der Waals surface area contributed by atoms with Gasteiger partial charge < -0.3 is 15.0 Å². The number of anilines is 1. The molecule has 0 amide bonds. The van der Waals surface area contributed by atoms with Gasteiger partial charge in [-0.3, -0.25) is 0 Å². The van der Waals surface area contributed by atoms with Gasteiger partial charge in [0.2, 0.25) is 0 Å². The molecule has 0 unspecified atom stereocenters. The number of hydrogen-bond acceptors (Lipinski definition) is 3. The minimum Gasteiger partial charge on any atom is -0.423 e. The number of nitrogen functional groups attached to an aromatic ring is 1. The molecule has 2 N–H and O–H groups in total. The van der Waals surface area contributed by atoms with Gasteiger partial charge in [0.15, 0.2) is 5.75 Å². The van der Waals surface area contributed by atoms with Crippen molar-refractivity contribution in [2.24, 2.45) is 0 Å². The fourth-order valence-electron chi connectivity index (χ4n) is 1.48. The van der Waals surface area contributed by atoms with E-state index in [1.54, 1.807) is 6.20 Å². The molecule has 4 heteroatoms. The molecule has 0 aliphatic rings. The van der Waals surface area contributed by atoms with Crippen molar-refractivity contribution < 1.29 is 4.74 Å². The molecule has 0 bridgehead atoms. The summed E-state index contributed by atoms with van der Waals surface area (Å²) < 4.78 is 7.60. The molecule has 0 fully saturated rings. The first-order chi connectivity index (χ1) is 7.72. The highest BCUT2D eigenvalue weighted by Gasteiger charge is 2.07. The summed E-state index contributed by atoms with van der Waals surface area (Å²) in [5.41, 5.74) is 7.60. The number of aryl methyl sites for hydroxylation is 2. The molecule has 0 atom stereocenters. The first-order valence-electron chi connectivity index (χ1n) is 5.26. The Morgan fingerprint density at radius 3 is 3.00 bits per heavy atom. The van der Waals surface area contributed by atoms with Crippen molar-refractivity contribution in [3.63, 3.8) is 0 Å². The summed E-state index contributed by atoms with van der Waals surface area (Å²) in [7, 11) is 0. The van der Waals surface area contributed by atoms with E-state index < -0.39 is 0 Å². The van der Waals surface area contributed by atoms with Crippen molar-refractivity contribution in [2.75, 3.05) is 5.73 Å². The lowest BCUT2D eigenvalue weighted by Crippen LogP contribution is -2.00. The van der Waals surface area contributed by atoms with E-state index in [4.69, 9.17) is 10.5 Å². The Morgan fingerprint density at radius 1 is 1.44 bits per heavy atom. The quantitative estimate of drug-likeness (QED) is 0.804. The molecule has 16 heavy (non-hydrogen) atoms. The van der Waals surface area contributed by atoms with Crippen LogP contribution in [0.4, 0.5) is 5.69 Å². The third-order valence-electron chi connectivity index (χ3n) is 2.50. The van der Waals surface area contributed by atoms with Crippen molar-refractivity contribution in [1.82, 2.24) is 9.55 Å². The highest BCUT2D eigenvalue weighted by atomic mass is 16.5. The topological polar surface area (TPSA) is 53.1 Å². The Hall–Kier alpha value is -1.97. The third kappa shape index (κ3) is 1.86. The van der Waals surface area contributed by atoms with Gasteiger partial charge in [0.25, 0.3) is 0 Å². The smallest absolute Gasteiger partial charge is 0.301 e. The number of benzene rings is 1. The molecule has 84 valence electrons. The SMILES string of the molecule is CCn1ccnc1Oc1cccc(C)c1N. The molecular formula is C12H15N3O. The lowest BCUT2D eigenvalue weighted by Gasteiger charge is -2.10. The zero-order chi connectivity index (χ0) is 11.5. The van der Waals surface area contributed by atoms with Crippen molar-refractivity contribution >= 4 is 5.69 Å². The molecule has 1 heterocycles. The monoisotopic (exact) mass is 217 g/mol. The lowest BCUT2D eigenvalue weighted by atomic mass is 10.2. The maximum absolute atomic E-state index is 5.93. The molecule has 0 radical (unpaired) electrons. The van der Waals surface area contributed by atoms with Crippen LogP contribution in [0, 0.1) is 6.92 Å². The number of aromatic nitrogens is 2. The van der Waals surface area contributed by atoms with E-state index in [2.05, 4.69) is 4.98 Å². The Bertz CT molecular complexity index is 491. The fourth-order valence-corrected chi connectivity index (χ4v) is 1.48. The summed E-state index contributed by atoms with van der Waals surface area (Å²) in [4.78, 5) is 4.14. The third-order valence-corrected chi connectivity index (χ3v) is 2.50. The Morgan fingerprint density at radius 2 is 2.25 bits per heavy atom. The van der Waals surface area contributed by atoms with Crippen LogP contribution in [-0.2, 0) is 6.54 Å². The summed E-state index contributed by atoms with van der Waals surface area (Å²) in [6.07, 6.45) is 3.59. The molecule has 0 saturated carbocycles. The van der Waals surface area contributed by atoms with Crippen LogP contribution in [0.3, 0.4) is 0 Å². The molecule has 0 saturated heterocycles. The number of ether oxygens (including phenoxy) is 1. The van der Waals surface area contributed by atoms with Crippen molar-refractivity contribution in [3.8, 4) is 11.8 Å². The van der Waals surface area contributed by atoms with Crippen molar-refractivity contribution in [2.45, 2.75) is 20.4 Å². The number of imidazole rings is 1. The van der Waals surface area contributed by atoms with E-state index in [0.29, 0.717) is 17.4 Å². The van der Waals surface area contributed by atoms with Gasteiger partial charge in [-0.25, -0.2) is 4.98 Å². The van der Waals surface area contributed by atoms with Gasteiger partial charge >= 0.3 is 6.01 Å². The second-order valence-corrected chi connectivity index (χ2v) is 3.58. The molecular weight excluding hydrogens is 202 g/mol. The summed E-state index contributed by atoms with van der Waals surface area (Å²) in [5, 5.41) is 0. The maximum Gasteiger partial charge on any atom is 0.301 e. The fraction of sp³-hybridized carbons (Fsp3) is 0.250. The van der Waals surface area contributed by atoms with Crippen LogP contribution in [0.5, 0.6) is 11.8 Å². The van der Waals surface area contributed by atoms with E-state index >= 15 is 0 Å². The Balaban J connectivity index is 2.30. The number of para-hydroxylation sites is 1. The van der Waals surface area contributed by atoms with E-state index in [1.807, 2.05) is 42.8 Å². The van der Waals surface area contributed by atoms with Crippen LogP contribution < -0.4 is 10.5 Å². The summed E-state index contributed by atoms with van der Waals surface area (Å²) in [6.45, 7) is 4.81. The van der Waals surface area contributed by atoms with Crippen LogP contribution in [0.15, 0.2) is 30.6 Å². The molecule has 2 aromatic rings. The van der Waals surface area contributed by atoms with Crippen LogP contribution in [0.2, 0.25) is 0 Å². The lowest BCUT2D eigenvalue weighted by molar-refractivity contribution is 0.417. The normalized spacial score (nSPS) is 10.4. The minimum atomic E-state index is 0.569. The second-order valence-electron chi connectivity index (χ2n) is 3.58. The second kappa shape index (κ2) is 4.26. The first kappa shape index (κ1) is 10.5. The summed E-state index contributed by atoms with van der Waals surface area (Å²) in [6, 6.07) is 6.28. The average Bonchev–Trinajstić information content (AvgIpc) is 2.72. The van der Waals surface area contributed by atoms with Gasteiger partial charge in [0.1, 0.15) is 0 Å². The van der Waals surface area contributed by atoms with Crippen molar-refractivity contribution in [1.29, 1.82) is 0 Å². The molecule has 2 rings (SSSR count). The van der Waals surface area contributed by atoms with Crippen LogP contribution in [0.1, 0.15) is 12.5 Å². The highest BCUT2D eigenvalue weighted by molar-refractivity contribution is 5.58. The van der Waals surface area contributed by atoms with E-state index in [9.17, 15) is 0 Å². The number of nitrogens with two attached hydrogens (primary N) is 1. The number of hydrogen-bond donors (Lipinski definition) is 1. The van der Waals surface area contributed by atoms with Crippen LogP contribution >= 0.6 is 0 Å². The zero-order valence-corrected chi connectivity index (χ0v) is 9.47. The summed E-state index contributed by atoms with van der Waals surface area (Å²) >= 11 is 0. The van der Waals surface area contributed by atoms with Gasteiger partial charge in [-0.2, -0.15) is 0 Å². The van der Waals surface area contributed by atoms with E-state index in [-0.39, 0.29) is 0 Å². The Kier molecular flexibility index (Phi) is 2.81. The molecule has 0 aliphatic heterocycles. The largest absolute Gasteiger partial charge is 0.423 e. The van der Waals surface area contributed by atoms with E-state index in [0.717, 1.165) is 12.1 Å². The van der Waals surface area contributed by atoms with Crippen LogP contribution in [-0.4, -0.2) is 9.55 Å². The van der Waals surface area contributed by atoms with Gasteiger partial charge in [0.05, 0.1) is 5.69 Å². The average molecular weight is 217 g/mol. The van der Waals surface area contributed by atoms with Gasteiger partial charge in [-0.1, -0.05) is 12.1 Å². The predicted octanol–water partition coefficient (Wildman–Crippen LogP) is 2.59. The zero-order valence-electron chi connectivity index (χ0n) is 9.47. The predicted molar refractivity (Wildman–Crippen MR) is 63.6 cm³/mol. The molecule has 0 spiro atoms. The molecule has 4 nitrogen and oxygen atoms in total. The highest BCUT2D eigenvalue weighted by Crippen LogP contribution is 2.28. The maximum atomic E-state index is 5.93. The van der Waals surface area contributed by atoms with E-state index in [1.165, 1.54) is 0 Å². The van der Waals surface area contributed by atoms with Gasteiger partial charge in [-0.15, -0.1) is 0 Å². The number of rotatable bonds is 3. The minimum absolute atomic E-state index is 0.569.